The lowest BCUT2D eigenvalue weighted by Crippen LogP contribution is -1.99. The highest BCUT2D eigenvalue weighted by Gasteiger charge is 2.19. The molecule has 0 aliphatic carbocycles. The van der Waals surface area contributed by atoms with Gasteiger partial charge in [-0.1, -0.05) is 11.6 Å². The number of hydrogen-bond acceptors (Lipinski definition) is 4. The van der Waals surface area contributed by atoms with E-state index in [1.807, 2.05) is 0 Å². The Morgan fingerprint density at radius 3 is 2.50 bits per heavy atom. The Balaban J connectivity index is 3.39. The first kappa shape index (κ1) is 13.1. The summed E-state index contributed by atoms with van der Waals surface area (Å²) in [5.41, 5.74) is 0. The summed E-state index contributed by atoms with van der Waals surface area (Å²) in [6, 6.07) is 2.00. The average Bonchev–Trinajstić information content (AvgIpc) is 2.16. The van der Waals surface area contributed by atoms with Crippen LogP contribution >= 0.6 is 11.6 Å². The molecule has 0 aliphatic heterocycles. The molecule has 0 saturated heterocycles. The molecule has 0 heterocycles. The topological polar surface area (TPSA) is 52.6 Å². The second kappa shape index (κ2) is 4.88. The molecule has 4 nitrogen and oxygen atoms in total. The molecule has 16 heavy (non-hydrogen) atoms. The van der Waals surface area contributed by atoms with E-state index in [0.717, 1.165) is 12.1 Å². The summed E-state index contributed by atoms with van der Waals surface area (Å²) in [5.74, 6) is 0.268. The highest BCUT2D eigenvalue weighted by atomic mass is 35.5. The second-order valence-corrected chi connectivity index (χ2v) is 4.56. The minimum absolute atomic E-state index is 0.0234. The number of hydrogen-bond donors (Lipinski definition) is 0. The van der Waals surface area contributed by atoms with E-state index in [9.17, 15) is 12.3 Å². The van der Waals surface area contributed by atoms with E-state index < -0.39 is 15.1 Å². The summed E-state index contributed by atoms with van der Waals surface area (Å²) in [6.07, 6.45) is 0. The number of ether oxygens (including phenoxy) is 2. The molecule has 0 aliphatic rings. The van der Waals surface area contributed by atoms with Crippen molar-refractivity contribution >= 4 is 21.8 Å². The predicted octanol–water partition coefficient (Wildman–Crippen LogP) is 2.41. The number of methoxy groups -OCH3 is 1. The van der Waals surface area contributed by atoms with Crippen LogP contribution in [-0.4, -0.2) is 22.1 Å². The summed E-state index contributed by atoms with van der Waals surface area (Å²) in [5, 5.41) is -0.0234. The molecule has 0 N–H and O–H groups in total. The lowest BCUT2D eigenvalue weighted by atomic mass is 10.3. The lowest BCUT2D eigenvalue weighted by molar-refractivity contribution is 0.310. The summed E-state index contributed by atoms with van der Waals surface area (Å²) in [7, 11) is -3.46. The molecule has 0 spiro atoms. The Morgan fingerprint density at radius 2 is 2.06 bits per heavy atom. The molecule has 0 saturated carbocycles. The van der Waals surface area contributed by atoms with E-state index in [1.165, 1.54) is 7.11 Å². The highest BCUT2D eigenvalue weighted by Crippen LogP contribution is 2.37. The third-order valence-electron chi connectivity index (χ3n) is 1.77. The lowest BCUT2D eigenvalue weighted by Gasteiger charge is -2.11. The molecule has 1 aromatic rings. The molecular weight excluding hydrogens is 259 g/mol. The first-order valence-electron chi connectivity index (χ1n) is 4.35. The van der Waals surface area contributed by atoms with Gasteiger partial charge in [0, 0.05) is 6.07 Å². The van der Waals surface area contributed by atoms with E-state index >= 15 is 0 Å². The van der Waals surface area contributed by atoms with Gasteiger partial charge >= 0.3 is 10.2 Å². The van der Waals surface area contributed by atoms with Crippen molar-refractivity contribution in [2.45, 2.75) is 11.8 Å². The van der Waals surface area contributed by atoms with E-state index in [0.29, 0.717) is 0 Å². The monoisotopic (exact) mass is 268 g/mol. The Kier molecular flexibility index (Phi) is 3.98. The number of benzene rings is 1. The Hall–Kier alpha value is -1.01. The van der Waals surface area contributed by atoms with Gasteiger partial charge in [-0.3, -0.25) is 0 Å². The largest absolute Gasteiger partial charge is 0.491 e. The fourth-order valence-electron chi connectivity index (χ4n) is 1.15. The summed E-state index contributed by atoms with van der Waals surface area (Å²) < 4.78 is 44.2. The van der Waals surface area contributed by atoms with Crippen molar-refractivity contribution < 1.29 is 21.8 Å². The highest BCUT2D eigenvalue weighted by molar-refractivity contribution is 7.86. The van der Waals surface area contributed by atoms with Gasteiger partial charge in [0.2, 0.25) is 0 Å². The smallest absolute Gasteiger partial charge is 0.332 e. The zero-order valence-electron chi connectivity index (χ0n) is 8.66. The number of rotatable bonds is 4. The maximum absolute atomic E-state index is 12.8. The van der Waals surface area contributed by atoms with E-state index in [4.69, 9.17) is 21.1 Å². The van der Waals surface area contributed by atoms with Crippen molar-refractivity contribution in [2.24, 2.45) is 0 Å². The van der Waals surface area contributed by atoms with Crippen molar-refractivity contribution in [3.8, 4) is 11.5 Å². The summed E-state index contributed by atoms with van der Waals surface area (Å²) in [4.78, 5) is -0.554. The number of halogens is 2. The van der Waals surface area contributed by atoms with Crippen molar-refractivity contribution in [3.63, 3.8) is 0 Å². The van der Waals surface area contributed by atoms with E-state index in [1.54, 1.807) is 6.92 Å². The SMILES string of the molecule is CCOc1cc(S(=O)(=O)F)cc(Cl)c1OC. The molecule has 0 unspecified atom stereocenters. The van der Waals surface area contributed by atoms with Crippen LogP contribution in [0, 0.1) is 0 Å². The molecule has 0 amide bonds. The van der Waals surface area contributed by atoms with Gasteiger partial charge in [-0.25, -0.2) is 0 Å². The van der Waals surface area contributed by atoms with E-state index in [-0.39, 0.29) is 23.1 Å². The van der Waals surface area contributed by atoms with Crippen molar-refractivity contribution in [3.05, 3.63) is 17.2 Å². The van der Waals surface area contributed by atoms with Gasteiger partial charge in [0.15, 0.2) is 11.5 Å². The standard InChI is InChI=1S/C9H10ClFO4S/c1-3-15-8-5-6(16(11,12)13)4-7(10)9(8)14-2/h4-5H,3H2,1-2H3. The van der Waals surface area contributed by atoms with Crippen molar-refractivity contribution in [1.82, 2.24) is 0 Å². The van der Waals surface area contributed by atoms with Gasteiger partial charge in [0.1, 0.15) is 4.90 Å². The minimum atomic E-state index is -4.81. The molecule has 0 radical (unpaired) electrons. The van der Waals surface area contributed by atoms with Crippen LogP contribution in [0.1, 0.15) is 6.92 Å². The summed E-state index contributed by atoms with van der Waals surface area (Å²) >= 11 is 5.74. The molecule has 0 bridgehead atoms. The van der Waals surface area contributed by atoms with Crippen LogP contribution in [0.5, 0.6) is 11.5 Å². The normalized spacial score (nSPS) is 11.2. The molecule has 0 fully saturated rings. The van der Waals surface area contributed by atoms with Crippen molar-refractivity contribution in [1.29, 1.82) is 0 Å². The molecule has 7 heteroatoms. The first-order valence-corrected chi connectivity index (χ1v) is 6.11. The van der Waals surface area contributed by atoms with Crippen molar-refractivity contribution in [2.75, 3.05) is 13.7 Å². The zero-order valence-corrected chi connectivity index (χ0v) is 10.2. The summed E-state index contributed by atoms with van der Waals surface area (Å²) in [6.45, 7) is 1.98. The Bertz CT molecular complexity index is 487. The first-order chi connectivity index (χ1) is 7.40. The average molecular weight is 269 g/mol. The molecule has 0 aromatic heterocycles. The maximum Gasteiger partial charge on any atom is 0.332 e. The maximum atomic E-state index is 12.8. The van der Waals surface area contributed by atoms with Crippen LogP contribution in [0.25, 0.3) is 0 Å². The van der Waals surface area contributed by atoms with Crippen LogP contribution in [0.15, 0.2) is 17.0 Å². The van der Waals surface area contributed by atoms with Gasteiger partial charge in [-0.05, 0) is 13.0 Å². The fourth-order valence-corrected chi connectivity index (χ4v) is 2.01. The van der Waals surface area contributed by atoms with Gasteiger partial charge in [-0.15, -0.1) is 3.89 Å². The van der Waals surface area contributed by atoms with Gasteiger partial charge < -0.3 is 9.47 Å². The van der Waals surface area contributed by atoms with Crippen LogP contribution in [0.2, 0.25) is 5.02 Å². The van der Waals surface area contributed by atoms with E-state index in [2.05, 4.69) is 0 Å². The third-order valence-corrected chi connectivity index (χ3v) is 2.85. The van der Waals surface area contributed by atoms with Gasteiger partial charge in [0.05, 0.1) is 18.7 Å². The van der Waals surface area contributed by atoms with Crippen LogP contribution in [0.3, 0.4) is 0 Å². The predicted molar refractivity (Wildman–Crippen MR) is 57.5 cm³/mol. The Morgan fingerprint density at radius 1 is 1.44 bits per heavy atom. The molecule has 0 atom stereocenters. The Labute approximate surface area is 98.1 Å². The minimum Gasteiger partial charge on any atom is -0.491 e. The molecular formula is C9H10ClFO4S. The zero-order chi connectivity index (χ0) is 12.3. The van der Waals surface area contributed by atoms with Gasteiger partial charge in [-0.2, -0.15) is 8.42 Å². The molecule has 1 rings (SSSR count). The fraction of sp³-hybridized carbons (Fsp3) is 0.333. The quantitative estimate of drug-likeness (QED) is 0.787. The van der Waals surface area contributed by atoms with Crippen LogP contribution < -0.4 is 9.47 Å². The molecule has 1 aromatic carbocycles. The second-order valence-electron chi connectivity index (χ2n) is 2.81. The van der Waals surface area contributed by atoms with Gasteiger partial charge in [0.25, 0.3) is 0 Å². The third kappa shape index (κ3) is 2.76. The van der Waals surface area contributed by atoms with Crippen LogP contribution in [-0.2, 0) is 10.2 Å². The molecule has 90 valence electrons. The van der Waals surface area contributed by atoms with Crippen LogP contribution in [0.4, 0.5) is 3.89 Å².